The second kappa shape index (κ2) is 10.6. The van der Waals surface area contributed by atoms with Crippen LogP contribution in [0.5, 0.6) is 0 Å². The first-order valence-corrected chi connectivity index (χ1v) is 9.79. The molecule has 1 aromatic carbocycles. The molecule has 1 heterocycles. The van der Waals surface area contributed by atoms with Crippen LogP contribution in [0.2, 0.25) is 0 Å². The zero-order chi connectivity index (χ0) is 20.8. The molecule has 1 aliphatic carbocycles. The number of benzene rings is 1. The lowest BCUT2D eigenvalue weighted by Gasteiger charge is -2.28. The van der Waals surface area contributed by atoms with Crippen LogP contribution in [0.25, 0.3) is 5.57 Å². The molecule has 2 aliphatic rings. The van der Waals surface area contributed by atoms with Crippen LogP contribution >= 0.6 is 0 Å². The second-order valence-electron chi connectivity index (χ2n) is 6.82. The molecule has 0 saturated heterocycles. The summed E-state index contributed by atoms with van der Waals surface area (Å²) in [4.78, 5) is 1.91. The molecular formula is C27H34FN. The van der Waals surface area contributed by atoms with Crippen LogP contribution < -0.4 is 0 Å². The van der Waals surface area contributed by atoms with Crippen LogP contribution in [0, 0.1) is 18.7 Å². The molecule has 29 heavy (non-hydrogen) atoms. The molecule has 0 aromatic heterocycles. The van der Waals surface area contributed by atoms with Crippen molar-refractivity contribution in [1.82, 2.24) is 4.90 Å². The van der Waals surface area contributed by atoms with E-state index in [1.807, 2.05) is 49.2 Å². The van der Waals surface area contributed by atoms with E-state index in [0.717, 1.165) is 34.4 Å². The fraction of sp³-hybridized carbons (Fsp3) is 0.259. The lowest BCUT2D eigenvalue weighted by atomic mass is 9.81. The van der Waals surface area contributed by atoms with E-state index in [4.69, 9.17) is 0 Å². The molecule has 2 heteroatoms. The number of allylic oxidation sites excluding steroid dienone is 8. The Kier molecular flexibility index (Phi) is 8.85. The monoisotopic (exact) mass is 391 g/mol. The van der Waals surface area contributed by atoms with E-state index in [2.05, 4.69) is 38.8 Å². The first-order chi connectivity index (χ1) is 13.4. The van der Waals surface area contributed by atoms with Gasteiger partial charge in [-0.05, 0) is 65.3 Å². The minimum atomic E-state index is -0.173. The second-order valence-corrected chi connectivity index (χ2v) is 6.82. The standard InChI is InChI=1S/C24H24FN.C2H6.CH4/c1-6-19-14-18(5)26(7-2)15-23(19)21-10-8-16(3)12-22(21)20-9-11-24(25)17(4)13-20;1-2;/h6-11,13-16H,1-2,5,12H2,3-4H3;1-2H3;1H4. The van der Waals surface area contributed by atoms with Crippen LogP contribution in [0.1, 0.15) is 45.7 Å². The molecule has 0 fully saturated rings. The first kappa shape index (κ1) is 24.2. The van der Waals surface area contributed by atoms with Crippen molar-refractivity contribution in [2.45, 2.75) is 41.5 Å². The maximum atomic E-state index is 13.8. The largest absolute Gasteiger partial charge is 0.324 e. The maximum absolute atomic E-state index is 13.8. The molecule has 1 aromatic rings. The number of nitrogens with zero attached hydrogens (tertiary/aromatic N) is 1. The van der Waals surface area contributed by atoms with Gasteiger partial charge >= 0.3 is 0 Å². The van der Waals surface area contributed by atoms with Gasteiger partial charge in [0.2, 0.25) is 0 Å². The molecule has 0 bridgehead atoms. The van der Waals surface area contributed by atoms with Gasteiger partial charge in [-0.1, -0.05) is 72.2 Å². The Labute approximate surface area is 176 Å². The van der Waals surface area contributed by atoms with E-state index in [1.165, 1.54) is 5.57 Å². The van der Waals surface area contributed by atoms with Crippen LogP contribution in [0.15, 0.2) is 97.1 Å². The van der Waals surface area contributed by atoms with Crippen molar-refractivity contribution in [2.75, 3.05) is 0 Å². The molecule has 3 rings (SSSR count). The summed E-state index contributed by atoms with van der Waals surface area (Å²) in [5, 5.41) is 0. The van der Waals surface area contributed by atoms with Gasteiger partial charge in [0.15, 0.2) is 0 Å². The molecule has 1 atom stereocenters. The quantitative estimate of drug-likeness (QED) is 0.501. The zero-order valence-electron chi connectivity index (χ0n) is 17.4. The molecular weight excluding hydrogens is 357 g/mol. The molecule has 0 amide bonds. The smallest absolute Gasteiger partial charge is 0.126 e. The van der Waals surface area contributed by atoms with E-state index in [0.29, 0.717) is 11.5 Å². The molecule has 0 radical (unpaired) electrons. The lowest BCUT2D eigenvalue weighted by Crippen LogP contribution is -2.15. The molecule has 1 nitrogen and oxygen atoms in total. The number of aryl methyl sites for hydroxylation is 1. The van der Waals surface area contributed by atoms with E-state index >= 15 is 0 Å². The van der Waals surface area contributed by atoms with E-state index in [9.17, 15) is 4.39 Å². The van der Waals surface area contributed by atoms with Gasteiger partial charge in [0.05, 0.1) is 0 Å². The Bertz CT molecular complexity index is 908. The van der Waals surface area contributed by atoms with E-state index in [-0.39, 0.29) is 13.2 Å². The number of hydrogen-bond donors (Lipinski definition) is 0. The van der Waals surface area contributed by atoms with Gasteiger partial charge in [-0.25, -0.2) is 4.39 Å². The van der Waals surface area contributed by atoms with Crippen LogP contribution in [0.3, 0.4) is 0 Å². The van der Waals surface area contributed by atoms with Gasteiger partial charge < -0.3 is 4.90 Å². The third-order valence-corrected chi connectivity index (χ3v) is 4.89. The summed E-state index contributed by atoms with van der Waals surface area (Å²) >= 11 is 0. The number of halogens is 1. The third-order valence-electron chi connectivity index (χ3n) is 4.89. The molecule has 0 N–H and O–H groups in total. The Morgan fingerprint density at radius 1 is 1.21 bits per heavy atom. The van der Waals surface area contributed by atoms with Crippen LogP contribution in [0.4, 0.5) is 4.39 Å². The van der Waals surface area contributed by atoms with Crippen molar-refractivity contribution in [1.29, 1.82) is 0 Å². The Morgan fingerprint density at radius 3 is 2.48 bits per heavy atom. The summed E-state index contributed by atoms with van der Waals surface area (Å²) < 4.78 is 13.8. The summed E-state index contributed by atoms with van der Waals surface area (Å²) in [6.45, 7) is 19.9. The van der Waals surface area contributed by atoms with E-state index in [1.54, 1.807) is 19.2 Å². The minimum Gasteiger partial charge on any atom is -0.324 e. The van der Waals surface area contributed by atoms with Crippen molar-refractivity contribution in [3.05, 3.63) is 114 Å². The summed E-state index contributed by atoms with van der Waals surface area (Å²) in [6, 6.07) is 5.35. The predicted octanol–water partition coefficient (Wildman–Crippen LogP) is 8.12. The van der Waals surface area contributed by atoms with Crippen LogP contribution in [-0.2, 0) is 0 Å². The lowest BCUT2D eigenvalue weighted by molar-refractivity contribution is 0.618. The van der Waals surface area contributed by atoms with Crippen molar-refractivity contribution in [3.63, 3.8) is 0 Å². The van der Waals surface area contributed by atoms with Gasteiger partial charge in [-0.3, -0.25) is 0 Å². The summed E-state index contributed by atoms with van der Waals surface area (Å²) in [7, 11) is 0. The van der Waals surface area contributed by atoms with Crippen molar-refractivity contribution in [2.24, 2.45) is 5.92 Å². The van der Waals surface area contributed by atoms with Crippen molar-refractivity contribution >= 4 is 5.57 Å². The zero-order valence-corrected chi connectivity index (χ0v) is 17.4. The highest BCUT2D eigenvalue weighted by Crippen LogP contribution is 2.39. The maximum Gasteiger partial charge on any atom is 0.126 e. The average molecular weight is 392 g/mol. The van der Waals surface area contributed by atoms with Gasteiger partial charge in [-0.2, -0.15) is 0 Å². The first-order valence-electron chi connectivity index (χ1n) is 9.79. The number of hydrogen-bond acceptors (Lipinski definition) is 1. The molecule has 1 unspecified atom stereocenters. The normalized spacial score (nSPS) is 18.2. The topological polar surface area (TPSA) is 3.24 Å². The van der Waals surface area contributed by atoms with Crippen molar-refractivity contribution in [3.8, 4) is 0 Å². The minimum absolute atomic E-state index is 0. The Hall–Kier alpha value is -2.87. The van der Waals surface area contributed by atoms with Gasteiger partial charge in [0.25, 0.3) is 0 Å². The highest BCUT2D eigenvalue weighted by Gasteiger charge is 2.22. The fourth-order valence-electron chi connectivity index (χ4n) is 3.41. The highest BCUT2D eigenvalue weighted by atomic mass is 19.1. The highest BCUT2D eigenvalue weighted by molar-refractivity contribution is 5.80. The molecule has 0 saturated carbocycles. The third kappa shape index (κ3) is 5.14. The summed E-state index contributed by atoms with van der Waals surface area (Å²) in [6.07, 6.45) is 12.9. The molecule has 1 aliphatic heterocycles. The average Bonchev–Trinajstić information content (AvgIpc) is 2.71. The number of rotatable bonds is 4. The fourth-order valence-corrected chi connectivity index (χ4v) is 3.41. The predicted molar refractivity (Wildman–Crippen MR) is 127 cm³/mol. The van der Waals surface area contributed by atoms with Crippen molar-refractivity contribution < 1.29 is 4.39 Å². The Morgan fingerprint density at radius 2 is 1.90 bits per heavy atom. The van der Waals surface area contributed by atoms with Gasteiger partial charge in [0.1, 0.15) is 5.82 Å². The SMILES string of the molecule is C.C=CC1=CC(=C)N(C=C)C=C1C1=C(c2ccc(F)c(C)c2)CC(C)C=C1.CC. The molecule has 0 spiro atoms. The van der Waals surface area contributed by atoms with E-state index < -0.39 is 0 Å². The van der Waals surface area contributed by atoms with Gasteiger partial charge in [0, 0.05) is 23.7 Å². The van der Waals surface area contributed by atoms with Gasteiger partial charge in [-0.15, -0.1) is 0 Å². The molecule has 154 valence electrons. The Balaban J connectivity index is 0.00000136. The van der Waals surface area contributed by atoms with Crippen LogP contribution in [-0.4, -0.2) is 4.90 Å². The summed E-state index contributed by atoms with van der Waals surface area (Å²) in [5.41, 5.74) is 7.04. The summed E-state index contributed by atoms with van der Waals surface area (Å²) in [5.74, 6) is 0.262.